The Balaban J connectivity index is 1.94. The Morgan fingerprint density at radius 2 is 2.04 bits per heavy atom. The summed E-state index contributed by atoms with van der Waals surface area (Å²) in [5.74, 6) is 1.36. The molecule has 5 nitrogen and oxygen atoms in total. The highest BCUT2D eigenvalue weighted by molar-refractivity contribution is 6.14. The average Bonchev–Trinajstić information content (AvgIpc) is 3.08. The molecule has 1 heterocycles. The van der Waals surface area contributed by atoms with Gasteiger partial charge in [-0.15, -0.1) is 0 Å². The quantitative estimate of drug-likeness (QED) is 0.478. The Bertz CT molecular complexity index is 849. The van der Waals surface area contributed by atoms with Gasteiger partial charge >= 0.3 is 0 Å². The first-order valence-electron chi connectivity index (χ1n) is 7.51. The molecule has 0 amide bonds. The number of hydrogen-bond acceptors (Lipinski definition) is 5. The van der Waals surface area contributed by atoms with Gasteiger partial charge in [0.2, 0.25) is 12.6 Å². The van der Waals surface area contributed by atoms with Crippen molar-refractivity contribution in [3.63, 3.8) is 0 Å². The topological polar surface area (TPSA) is 68.5 Å². The summed E-state index contributed by atoms with van der Waals surface area (Å²) < 4.78 is 16.0. The van der Waals surface area contributed by atoms with E-state index < -0.39 is 0 Å². The van der Waals surface area contributed by atoms with Gasteiger partial charge in [0.15, 0.2) is 11.5 Å². The second-order valence-corrected chi connectivity index (χ2v) is 5.04. The van der Waals surface area contributed by atoms with Gasteiger partial charge in [0.1, 0.15) is 17.4 Å². The van der Waals surface area contributed by atoms with Gasteiger partial charge in [0, 0.05) is 11.1 Å². The molecule has 24 heavy (non-hydrogen) atoms. The molecule has 0 radical (unpaired) electrons. The number of benzene rings is 2. The maximum absolute atomic E-state index is 12.6. The number of carbonyl (C=O) groups excluding carboxylic acids is 1. The van der Waals surface area contributed by atoms with Gasteiger partial charge in [-0.3, -0.25) is 4.79 Å². The Kier molecular flexibility index (Phi) is 4.48. The molecular formula is C19H15NO4. The highest BCUT2D eigenvalue weighted by Crippen LogP contribution is 2.33. The number of hydrogen-bond donors (Lipinski definition) is 0. The lowest BCUT2D eigenvalue weighted by atomic mass is 10.0. The molecule has 5 heteroatoms. The molecule has 1 aliphatic rings. The van der Waals surface area contributed by atoms with Crippen LogP contribution in [-0.4, -0.2) is 19.2 Å². The fraction of sp³-hybridized carbons (Fsp3) is 0.158. The molecule has 1 aliphatic heterocycles. The maximum Gasteiger partial charge on any atom is 0.231 e. The molecule has 0 spiro atoms. The van der Waals surface area contributed by atoms with Crippen LogP contribution in [0.1, 0.15) is 22.8 Å². The number of allylic oxidation sites excluding steroid dienone is 1. The summed E-state index contributed by atoms with van der Waals surface area (Å²) in [7, 11) is 0. The van der Waals surface area contributed by atoms with Crippen molar-refractivity contribution in [3.8, 4) is 23.3 Å². The monoisotopic (exact) mass is 321 g/mol. The molecule has 0 aliphatic carbocycles. The van der Waals surface area contributed by atoms with Crippen molar-refractivity contribution in [2.45, 2.75) is 6.92 Å². The summed E-state index contributed by atoms with van der Waals surface area (Å²) in [4.78, 5) is 12.6. The summed E-state index contributed by atoms with van der Waals surface area (Å²) >= 11 is 0. The first kappa shape index (κ1) is 15.6. The molecule has 0 unspecified atom stereocenters. The molecule has 2 aromatic rings. The van der Waals surface area contributed by atoms with Crippen LogP contribution in [0, 0.1) is 11.3 Å². The molecule has 0 bridgehead atoms. The van der Waals surface area contributed by atoms with Crippen LogP contribution in [0.2, 0.25) is 0 Å². The zero-order valence-corrected chi connectivity index (χ0v) is 13.1. The lowest BCUT2D eigenvalue weighted by Gasteiger charge is -2.07. The first-order valence-corrected chi connectivity index (χ1v) is 7.51. The summed E-state index contributed by atoms with van der Waals surface area (Å²) in [6.45, 7) is 2.52. The lowest BCUT2D eigenvalue weighted by molar-refractivity contribution is 0.103. The van der Waals surface area contributed by atoms with E-state index in [1.807, 2.05) is 25.1 Å². The Morgan fingerprint density at radius 3 is 2.83 bits per heavy atom. The van der Waals surface area contributed by atoms with Gasteiger partial charge in [-0.25, -0.2) is 0 Å². The molecule has 3 rings (SSSR count). The fourth-order valence-corrected chi connectivity index (χ4v) is 2.38. The minimum absolute atomic E-state index is 0.0287. The maximum atomic E-state index is 12.6. The van der Waals surface area contributed by atoms with Crippen molar-refractivity contribution in [3.05, 3.63) is 59.2 Å². The number of carbonyl (C=O) groups is 1. The number of para-hydroxylation sites is 1. The standard InChI is InChI=1S/C19H15NO4/c1-2-22-16-6-4-3-5-13(16)9-15(11-20)19(21)14-7-8-17-18(10-14)24-12-23-17/h3-10H,2,12H2,1H3/b15-9+. The van der Waals surface area contributed by atoms with Crippen LogP contribution in [0.25, 0.3) is 6.08 Å². The van der Waals surface area contributed by atoms with E-state index >= 15 is 0 Å². The summed E-state index contributed by atoms with van der Waals surface area (Å²) in [6.07, 6.45) is 1.54. The third-order valence-electron chi connectivity index (χ3n) is 3.52. The third-order valence-corrected chi connectivity index (χ3v) is 3.52. The number of fused-ring (bicyclic) bond motifs is 1. The summed E-state index contributed by atoms with van der Waals surface area (Å²) in [5, 5.41) is 9.40. The highest BCUT2D eigenvalue weighted by Gasteiger charge is 2.19. The minimum Gasteiger partial charge on any atom is -0.493 e. The predicted molar refractivity (Wildman–Crippen MR) is 88.1 cm³/mol. The van der Waals surface area contributed by atoms with Crippen molar-refractivity contribution in [1.82, 2.24) is 0 Å². The van der Waals surface area contributed by atoms with E-state index in [0.29, 0.717) is 35.0 Å². The predicted octanol–water partition coefficient (Wildman–Crippen LogP) is 3.60. The van der Waals surface area contributed by atoms with E-state index in [9.17, 15) is 10.1 Å². The number of rotatable bonds is 5. The van der Waals surface area contributed by atoms with Crippen LogP contribution in [0.5, 0.6) is 17.2 Å². The van der Waals surface area contributed by atoms with Gasteiger partial charge in [0.05, 0.1) is 6.61 Å². The van der Waals surface area contributed by atoms with E-state index in [1.54, 1.807) is 30.3 Å². The molecule has 0 saturated heterocycles. The van der Waals surface area contributed by atoms with Crippen LogP contribution in [0.15, 0.2) is 48.0 Å². The Labute approximate surface area is 139 Å². The van der Waals surface area contributed by atoms with Gasteiger partial charge in [0.25, 0.3) is 0 Å². The van der Waals surface area contributed by atoms with Crippen molar-refractivity contribution < 1.29 is 19.0 Å². The SMILES string of the molecule is CCOc1ccccc1/C=C(\C#N)C(=O)c1ccc2c(c1)OCO2. The molecular weight excluding hydrogens is 306 g/mol. The van der Waals surface area contributed by atoms with Crippen LogP contribution >= 0.6 is 0 Å². The van der Waals surface area contributed by atoms with E-state index in [-0.39, 0.29) is 18.1 Å². The zero-order chi connectivity index (χ0) is 16.9. The van der Waals surface area contributed by atoms with E-state index in [2.05, 4.69) is 0 Å². The van der Waals surface area contributed by atoms with Gasteiger partial charge < -0.3 is 14.2 Å². The summed E-state index contributed by atoms with van der Waals surface area (Å²) in [5.41, 5.74) is 1.09. The first-order chi connectivity index (χ1) is 11.7. The highest BCUT2D eigenvalue weighted by atomic mass is 16.7. The second kappa shape index (κ2) is 6.88. The van der Waals surface area contributed by atoms with Crippen molar-refractivity contribution in [2.75, 3.05) is 13.4 Å². The number of ether oxygens (including phenoxy) is 3. The van der Waals surface area contributed by atoms with Crippen molar-refractivity contribution in [2.24, 2.45) is 0 Å². The lowest BCUT2D eigenvalue weighted by Crippen LogP contribution is -2.02. The minimum atomic E-state index is -0.373. The van der Waals surface area contributed by atoms with Gasteiger partial charge in [-0.05, 0) is 37.3 Å². The molecule has 0 fully saturated rings. The van der Waals surface area contributed by atoms with Crippen LogP contribution in [0.3, 0.4) is 0 Å². The largest absolute Gasteiger partial charge is 0.493 e. The molecule has 120 valence electrons. The second-order valence-electron chi connectivity index (χ2n) is 5.04. The van der Waals surface area contributed by atoms with E-state index in [4.69, 9.17) is 14.2 Å². The normalized spacial score (nSPS) is 12.6. The van der Waals surface area contributed by atoms with Crippen LogP contribution in [0.4, 0.5) is 0 Å². The Morgan fingerprint density at radius 1 is 1.25 bits per heavy atom. The van der Waals surface area contributed by atoms with Gasteiger partial charge in [-0.2, -0.15) is 5.26 Å². The van der Waals surface area contributed by atoms with Crippen molar-refractivity contribution in [1.29, 1.82) is 5.26 Å². The molecule has 0 aromatic heterocycles. The number of Topliss-reactive ketones (excluding diaryl/α,β-unsaturated/α-hetero) is 1. The molecule has 0 atom stereocenters. The molecule has 0 N–H and O–H groups in total. The third kappa shape index (κ3) is 3.08. The van der Waals surface area contributed by atoms with E-state index in [0.717, 1.165) is 0 Å². The molecule has 2 aromatic carbocycles. The van der Waals surface area contributed by atoms with E-state index in [1.165, 1.54) is 6.08 Å². The Hall–Kier alpha value is -3.26. The number of nitrogens with zero attached hydrogens (tertiary/aromatic N) is 1. The van der Waals surface area contributed by atoms with Crippen LogP contribution in [-0.2, 0) is 0 Å². The van der Waals surface area contributed by atoms with Crippen molar-refractivity contribution >= 4 is 11.9 Å². The molecule has 0 saturated carbocycles. The average molecular weight is 321 g/mol. The fourth-order valence-electron chi connectivity index (χ4n) is 2.38. The smallest absolute Gasteiger partial charge is 0.231 e. The van der Waals surface area contributed by atoms with Crippen LogP contribution < -0.4 is 14.2 Å². The summed E-state index contributed by atoms with van der Waals surface area (Å²) in [6, 6.07) is 14.1. The number of nitriles is 1. The zero-order valence-electron chi connectivity index (χ0n) is 13.1. The van der Waals surface area contributed by atoms with Gasteiger partial charge in [-0.1, -0.05) is 18.2 Å². The number of ketones is 1.